The largest absolute Gasteiger partial charge is 0.384 e. The van der Waals surface area contributed by atoms with Crippen LogP contribution in [-0.4, -0.2) is 33.4 Å². The first kappa shape index (κ1) is 17.2. The van der Waals surface area contributed by atoms with E-state index in [4.69, 9.17) is 5.73 Å². The van der Waals surface area contributed by atoms with Crippen LogP contribution in [0.4, 0.5) is 5.82 Å². The van der Waals surface area contributed by atoms with Crippen LogP contribution in [0.2, 0.25) is 0 Å². The molecule has 0 saturated carbocycles. The predicted molar refractivity (Wildman–Crippen MR) is 91.0 cm³/mol. The molecule has 0 bridgehead atoms. The zero-order chi connectivity index (χ0) is 17.3. The zero-order valence-corrected chi connectivity index (χ0v) is 14.4. The Morgan fingerprint density at radius 1 is 1.35 bits per heavy atom. The Morgan fingerprint density at radius 3 is 2.57 bits per heavy atom. The summed E-state index contributed by atoms with van der Waals surface area (Å²) in [6.45, 7) is 2.03. The highest BCUT2D eigenvalue weighted by Gasteiger charge is 2.23. The fourth-order valence-corrected chi connectivity index (χ4v) is 3.16. The third kappa shape index (κ3) is 3.13. The smallest absolute Gasteiger partial charge is 0.332 e. The summed E-state index contributed by atoms with van der Waals surface area (Å²) in [5.74, 6) is -0.495. The standard InChI is InChI=1S/C15H20N4O3S/c1-9(11-6-5-7-23-11)17(2)8-10(20)12-13(16)18(3)15(22)19(4)14(12)21/h5-7,9H,8,16H2,1-4H3. The normalized spacial score (nSPS) is 12.6. The summed E-state index contributed by atoms with van der Waals surface area (Å²) in [5.41, 5.74) is 4.46. The highest BCUT2D eigenvalue weighted by atomic mass is 32.1. The van der Waals surface area contributed by atoms with Crippen LogP contribution in [0.3, 0.4) is 0 Å². The van der Waals surface area contributed by atoms with Gasteiger partial charge in [-0.25, -0.2) is 4.79 Å². The molecule has 0 fully saturated rings. The molecular formula is C15H20N4O3S. The van der Waals surface area contributed by atoms with Gasteiger partial charge >= 0.3 is 5.69 Å². The molecule has 1 atom stereocenters. The van der Waals surface area contributed by atoms with Crippen LogP contribution >= 0.6 is 11.3 Å². The minimum atomic E-state index is -0.659. The van der Waals surface area contributed by atoms with Gasteiger partial charge in [-0.05, 0) is 25.4 Å². The first-order valence-corrected chi connectivity index (χ1v) is 7.96. The van der Waals surface area contributed by atoms with Gasteiger partial charge in [0.15, 0.2) is 5.78 Å². The summed E-state index contributed by atoms with van der Waals surface area (Å²) in [7, 11) is 4.58. The Kier molecular flexibility index (Phi) is 4.86. The molecule has 2 heterocycles. The molecular weight excluding hydrogens is 316 g/mol. The third-order valence-corrected chi connectivity index (χ3v) is 5.04. The van der Waals surface area contributed by atoms with Crippen molar-refractivity contribution in [3.05, 3.63) is 48.8 Å². The van der Waals surface area contributed by atoms with Crippen molar-refractivity contribution in [2.75, 3.05) is 19.3 Å². The van der Waals surface area contributed by atoms with Crippen molar-refractivity contribution in [3.63, 3.8) is 0 Å². The van der Waals surface area contributed by atoms with Gasteiger partial charge < -0.3 is 5.73 Å². The Bertz CT molecular complexity index is 836. The van der Waals surface area contributed by atoms with Crippen LogP contribution in [0.1, 0.15) is 28.2 Å². The molecule has 2 rings (SSSR count). The summed E-state index contributed by atoms with van der Waals surface area (Å²) >= 11 is 1.61. The van der Waals surface area contributed by atoms with Gasteiger partial charge in [0.05, 0.1) is 6.54 Å². The highest BCUT2D eigenvalue weighted by Crippen LogP contribution is 2.23. The number of ketones is 1. The number of anilines is 1. The number of carbonyl (C=O) groups excluding carboxylic acids is 1. The van der Waals surface area contributed by atoms with Crippen molar-refractivity contribution >= 4 is 22.9 Å². The van der Waals surface area contributed by atoms with E-state index >= 15 is 0 Å². The van der Waals surface area contributed by atoms with E-state index in [1.54, 1.807) is 11.3 Å². The van der Waals surface area contributed by atoms with Crippen LogP contribution < -0.4 is 17.0 Å². The van der Waals surface area contributed by atoms with Crippen LogP contribution in [0.25, 0.3) is 0 Å². The summed E-state index contributed by atoms with van der Waals surface area (Å²) in [6.07, 6.45) is 0. The first-order valence-electron chi connectivity index (χ1n) is 7.08. The number of hydrogen-bond acceptors (Lipinski definition) is 6. The van der Waals surface area contributed by atoms with E-state index in [1.165, 1.54) is 14.1 Å². The summed E-state index contributed by atoms with van der Waals surface area (Å²) in [4.78, 5) is 39.5. The van der Waals surface area contributed by atoms with Crippen molar-refractivity contribution in [2.24, 2.45) is 14.1 Å². The number of rotatable bonds is 5. The predicted octanol–water partition coefficient (Wildman–Crippen LogP) is 0.603. The van der Waals surface area contributed by atoms with Gasteiger partial charge in [-0.2, -0.15) is 0 Å². The maximum atomic E-state index is 12.5. The SMILES string of the molecule is CC(c1cccs1)N(C)CC(=O)c1c(N)n(C)c(=O)n(C)c1=O. The number of carbonyl (C=O) groups is 1. The van der Waals surface area contributed by atoms with E-state index in [0.717, 1.165) is 14.0 Å². The number of Topliss-reactive ketones (excluding diaryl/α,β-unsaturated/α-hetero) is 1. The Labute approximate surface area is 137 Å². The van der Waals surface area contributed by atoms with Crippen LogP contribution in [0, 0.1) is 0 Å². The molecule has 0 aromatic carbocycles. The maximum absolute atomic E-state index is 12.5. The molecule has 0 aliphatic carbocycles. The molecule has 0 aliphatic rings. The monoisotopic (exact) mass is 336 g/mol. The minimum Gasteiger partial charge on any atom is -0.384 e. The van der Waals surface area contributed by atoms with Gasteiger partial charge in [0, 0.05) is 25.0 Å². The van der Waals surface area contributed by atoms with Crippen molar-refractivity contribution in [3.8, 4) is 0 Å². The van der Waals surface area contributed by atoms with Crippen molar-refractivity contribution in [1.82, 2.24) is 14.0 Å². The zero-order valence-electron chi connectivity index (χ0n) is 13.6. The van der Waals surface area contributed by atoms with Gasteiger partial charge in [0.2, 0.25) is 0 Å². The number of nitrogens with two attached hydrogens (primary N) is 1. The van der Waals surface area contributed by atoms with Gasteiger partial charge in [-0.3, -0.25) is 23.6 Å². The van der Waals surface area contributed by atoms with Gasteiger partial charge in [-0.15, -0.1) is 11.3 Å². The average molecular weight is 336 g/mol. The van der Waals surface area contributed by atoms with E-state index in [2.05, 4.69) is 0 Å². The molecule has 0 radical (unpaired) electrons. The lowest BCUT2D eigenvalue weighted by molar-refractivity contribution is 0.0923. The lowest BCUT2D eigenvalue weighted by Crippen LogP contribution is -2.43. The molecule has 0 aliphatic heterocycles. The second-order valence-corrected chi connectivity index (χ2v) is 6.47. The van der Waals surface area contributed by atoms with Gasteiger partial charge in [-0.1, -0.05) is 6.07 Å². The second-order valence-electron chi connectivity index (χ2n) is 5.50. The summed E-state index contributed by atoms with van der Waals surface area (Å²) < 4.78 is 2.00. The molecule has 0 spiro atoms. The molecule has 8 heteroatoms. The van der Waals surface area contributed by atoms with E-state index in [0.29, 0.717) is 0 Å². The average Bonchev–Trinajstić information content (AvgIpc) is 3.04. The first-order chi connectivity index (χ1) is 10.8. The second kappa shape index (κ2) is 6.51. The van der Waals surface area contributed by atoms with Crippen LogP contribution in [0.5, 0.6) is 0 Å². The minimum absolute atomic E-state index is 0.0384. The van der Waals surface area contributed by atoms with Gasteiger partial charge in [0.25, 0.3) is 5.56 Å². The van der Waals surface area contributed by atoms with Crippen LogP contribution in [0.15, 0.2) is 27.1 Å². The third-order valence-electron chi connectivity index (χ3n) is 4.00. The molecule has 124 valence electrons. The van der Waals surface area contributed by atoms with E-state index in [9.17, 15) is 14.4 Å². The van der Waals surface area contributed by atoms with E-state index in [-0.39, 0.29) is 24.0 Å². The fraction of sp³-hybridized carbons (Fsp3) is 0.400. The molecule has 23 heavy (non-hydrogen) atoms. The summed E-state index contributed by atoms with van der Waals surface area (Å²) in [5, 5.41) is 1.97. The molecule has 0 amide bonds. The van der Waals surface area contributed by atoms with Crippen LogP contribution in [-0.2, 0) is 14.1 Å². The maximum Gasteiger partial charge on any atom is 0.332 e. The van der Waals surface area contributed by atoms with E-state index < -0.39 is 17.0 Å². The quantitative estimate of drug-likeness (QED) is 0.808. The molecule has 7 nitrogen and oxygen atoms in total. The Morgan fingerprint density at radius 2 is 2.00 bits per heavy atom. The Balaban J connectivity index is 2.32. The van der Waals surface area contributed by atoms with Crippen molar-refractivity contribution in [1.29, 1.82) is 0 Å². The number of aromatic nitrogens is 2. The molecule has 0 saturated heterocycles. The lowest BCUT2D eigenvalue weighted by Gasteiger charge is -2.23. The molecule has 2 N–H and O–H groups in total. The van der Waals surface area contributed by atoms with Crippen molar-refractivity contribution < 1.29 is 4.79 Å². The number of nitrogens with zero attached hydrogens (tertiary/aromatic N) is 3. The van der Waals surface area contributed by atoms with Crippen molar-refractivity contribution in [2.45, 2.75) is 13.0 Å². The number of nitrogen functional groups attached to an aromatic ring is 1. The lowest BCUT2D eigenvalue weighted by atomic mass is 10.1. The Hall–Kier alpha value is -2.19. The van der Waals surface area contributed by atoms with Gasteiger partial charge in [0.1, 0.15) is 11.4 Å². The fourth-order valence-electron chi connectivity index (χ4n) is 2.31. The number of thiophene rings is 1. The summed E-state index contributed by atoms with van der Waals surface area (Å²) in [6, 6.07) is 3.99. The topological polar surface area (TPSA) is 90.3 Å². The molecule has 2 aromatic rings. The molecule has 2 aromatic heterocycles. The number of likely N-dealkylation sites (N-methyl/N-ethyl adjacent to an activating group) is 1. The highest BCUT2D eigenvalue weighted by molar-refractivity contribution is 7.10. The number of hydrogen-bond donors (Lipinski definition) is 1. The van der Waals surface area contributed by atoms with E-state index in [1.807, 2.05) is 36.4 Å². The molecule has 1 unspecified atom stereocenters.